The highest BCUT2D eigenvalue weighted by Gasteiger charge is 2.32. The van der Waals surface area contributed by atoms with Gasteiger partial charge in [0.15, 0.2) is 0 Å². The molecule has 4 heteroatoms. The maximum absolute atomic E-state index is 5.46. The van der Waals surface area contributed by atoms with E-state index in [-0.39, 0.29) is 0 Å². The van der Waals surface area contributed by atoms with Gasteiger partial charge in [-0.15, -0.1) is 0 Å². The molecule has 0 radical (unpaired) electrons. The maximum atomic E-state index is 5.46. The molecule has 2 heterocycles. The Kier molecular flexibility index (Phi) is 4.03. The second kappa shape index (κ2) is 5.32. The highest BCUT2D eigenvalue weighted by molar-refractivity contribution is 9.09. The zero-order valence-corrected chi connectivity index (χ0v) is 11.4. The van der Waals surface area contributed by atoms with Crippen LogP contribution < -0.4 is 0 Å². The second-order valence-electron chi connectivity index (χ2n) is 4.57. The minimum absolute atomic E-state index is 0.350. The smallest absolute Gasteiger partial charge is 0.108 e. The number of ether oxygens (including phenoxy) is 1. The standard InChI is InChI=1S/C12H19BrN2O/c1-2-11-14-5-6-15(11)10-12(9-13)3-7-16-8-4-12/h5-6H,2-4,7-10H2,1H3. The lowest BCUT2D eigenvalue weighted by molar-refractivity contribution is 0.0182. The van der Waals surface area contributed by atoms with Crippen molar-refractivity contribution in [3.05, 3.63) is 18.2 Å². The number of imidazole rings is 1. The Hall–Kier alpha value is -0.350. The third-order valence-corrected chi connectivity index (χ3v) is 4.65. The predicted molar refractivity (Wildman–Crippen MR) is 67.9 cm³/mol. The third-order valence-electron chi connectivity index (χ3n) is 3.46. The Bertz CT molecular complexity index is 332. The van der Waals surface area contributed by atoms with Gasteiger partial charge in [0.25, 0.3) is 0 Å². The van der Waals surface area contributed by atoms with E-state index >= 15 is 0 Å². The van der Waals surface area contributed by atoms with Gasteiger partial charge in [-0.3, -0.25) is 0 Å². The fourth-order valence-electron chi connectivity index (χ4n) is 2.30. The average Bonchev–Trinajstić information content (AvgIpc) is 2.77. The molecule has 0 atom stereocenters. The van der Waals surface area contributed by atoms with Crippen molar-refractivity contribution in [1.29, 1.82) is 0 Å². The molecule has 1 aliphatic rings. The molecule has 1 saturated heterocycles. The number of aryl methyl sites for hydroxylation is 1. The van der Waals surface area contributed by atoms with Gasteiger partial charge in [0.05, 0.1) is 0 Å². The molecule has 1 aromatic rings. The number of alkyl halides is 1. The van der Waals surface area contributed by atoms with E-state index in [9.17, 15) is 0 Å². The van der Waals surface area contributed by atoms with Gasteiger partial charge >= 0.3 is 0 Å². The molecular formula is C12H19BrN2O. The topological polar surface area (TPSA) is 27.1 Å². The van der Waals surface area contributed by atoms with Crippen LogP contribution in [0, 0.1) is 5.41 Å². The Balaban J connectivity index is 2.11. The van der Waals surface area contributed by atoms with Crippen molar-refractivity contribution in [2.24, 2.45) is 5.41 Å². The van der Waals surface area contributed by atoms with Crippen molar-refractivity contribution in [3.8, 4) is 0 Å². The summed E-state index contributed by atoms with van der Waals surface area (Å²) in [6.45, 7) is 5.00. The normalized spacial score (nSPS) is 19.9. The molecule has 0 bridgehead atoms. The molecule has 0 aromatic carbocycles. The van der Waals surface area contributed by atoms with Gasteiger partial charge in [0.2, 0.25) is 0 Å². The molecule has 1 fully saturated rings. The van der Waals surface area contributed by atoms with Crippen LogP contribution in [0.25, 0.3) is 0 Å². The molecule has 0 saturated carbocycles. The Morgan fingerprint density at radius 1 is 1.50 bits per heavy atom. The summed E-state index contributed by atoms with van der Waals surface area (Å²) < 4.78 is 7.75. The number of aromatic nitrogens is 2. The van der Waals surface area contributed by atoms with Crippen molar-refractivity contribution >= 4 is 15.9 Å². The van der Waals surface area contributed by atoms with Crippen LogP contribution in [0.4, 0.5) is 0 Å². The lowest BCUT2D eigenvalue weighted by Gasteiger charge is -2.36. The van der Waals surface area contributed by atoms with E-state index < -0.39 is 0 Å². The van der Waals surface area contributed by atoms with Gasteiger partial charge in [0.1, 0.15) is 5.82 Å². The van der Waals surface area contributed by atoms with E-state index in [4.69, 9.17) is 4.74 Å². The molecule has 0 amide bonds. The molecule has 0 unspecified atom stereocenters. The number of hydrogen-bond donors (Lipinski definition) is 0. The van der Waals surface area contributed by atoms with E-state index in [1.807, 2.05) is 6.20 Å². The average molecular weight is 287 g/mol. The molecule has 90 valence electrons. The molecule has 3 nitrogen and oxygen atoms in total. The van der Waals surface area contributed by atoms with Crippen molar-refractivity contribution in [1.82, 2.24) is 9.55 Å². The molecule has 0 spiro atoms. The second-order valence-corrected chi connectivity index (χ2v) is 5.13. The van der Waals surface area contributed by atoms with Crippen LogP contribution >= 0.6 is 15.9 Å². The minimum Gasteiger partial charge on any atom is -0.381 e. The van der Waals surface area contributed by atoms with E-state index in [1.165, 1.54) is 5.82 Å². The predicted octanol–water partition coefficient (Wildman–Crippen LogP) is 2.64. The van der Waals surface area contributed by atoms with Crippen LogP contribution in [0.15, 0.2) is 12.4 Å². The Morgan fingerprint density at radius 2 is 2.25 bits per heavy atom. The van der Waals surface area contributed by atoms with Gasteiger partial charge in [-0.05, 0) is 12.8 Å². The van der Waals surface area contributed by atoms with Crippen LogP contribution in [-0.4, -0.2) is 28.1 Å². The number of nitrogens with zero attached hydrogens (tertiary/aromatic N) is 2. The van der Waals surface area contributed by atoms with E-state index in [1.54, 1.807) is 0 Å². The fraction of sp³-hybridized carbons (Fsp3) is 0.750. The SMILES string of the molecule is CCc1nccn1CC1(CBr)CCOCC1. The molecule has 16 heavy (non-hydrogen) atoms. The van der Waals surface area contributed by atoms with Crippen LogP contribution in [0.5, 0.6) is 0 Å². The van der Waals surface area contributed by atoms with Crippen LogP contribution in [0.2, 0.25) is 0 Å². The largest absolute Gasteiger partial charge is 0.381 e. The first-order chi connectivity index (χ1) is 7.79. The summed E-state index contributed by atoms with van der Waals surface area (Å²) in [5.41, 5.74) is 0.350. The Labute approximate surface area is 105 Å². The van der Waals surface area contributed by atoms with E-state index in [0.717, 1.165) is 44.4 Å². The fourth-order valence-corrected chi connectivity index (χ4v) is 3.04. The van der Waals surface area contributed by atoms with Gasteiger partial charge < -0.3 is 9.30 Å². The summed E-state index contributed by atoms with van der Waals surface area (Å²) >= 11 is 3.67. The lowest BCUT2D eigenvalue weighted by atomic mass is 9.82. The van der Waals surface area contributed by atoms with Gasteiger partial charge in [-0.25, -0.2) is 4.98 Å². The molecule has 1 aromatic heterocycles. The maximum Gasteiger partial charge on any atom is 0.108 e. The zero-order chi connectivity index (χ0) is 11.4. The van der Waals surface area contributed by atoms with E-state index in [2.05, 4.69) is 38.6 Å². The summed E-state index contributed by atoms with van der Waals surface area (Å²) in [5.74, 6) is 1.19. The summed E-state index contributed by atoms with van der Waals surface area (Å²) in [7, 11) is 0. The van der Waals surface area contributed by atoms with Crippen LogP contribution in [0.3, 0.4) is 0 Å². The molecular weight excluding hydrogens is 268 g/mol. The summed E-state index contributed by atoms with van der Waals surface area (Å²) in [5, 5.41) is 1.05. The first-order valence-corrected chi connectivity index (χ1v) is 7.05. The van der Waals surface area contributed by atoms with Gasteiger partial charge in [-0.2, -0.15) is 0 Å². The summed E-state index contributed by atoms with van der Waals surface area (Å²) in [6, 6.07) is 0. The van der Waals surface area contributed by atoms with Crippen molar-refractivity contribution in [3.63, 3.8) is 0 Å². The number of hydrogen-bond acceptors (Lipinski definition) is 2. The first kappa shape index (κ1) is 12.1. The van der Waals surface area contributed by atoms with Crippen LogP contribution in [0.1, 0.15) is 25.6 Å². The quantitative estimate of drug-likeness (QED) is 0.796. The minimum atomic E-state index is 0.350. The van der Waals surface area contributed by atoms with E-state index in [0.29, 0.717) is 5.41 Å². The van der Waals surface area contributed by atoms with Crippen molar-refractivity contribution in [2.75, 3.05) is 18.5 Å². The zero-order valence-electron chi connectivity index (χ0n) is 9.79. The number of halogens is 1. The third kappa shape index (κ3) is 2.48. The molecule has 0 N–H and O–H groups in total. The van der Waals surface area contributed by atoms with Gasteiger partial charge in [0, 0.05) is 49.3 Å². The number of rotatable bonds is 4. The molecule has 1 aliphatic heterocycles. The molecule has 0 aliphatic carbocycles. The first-order valence-electron chi connectivity index (χ1n) is 5.93. The van der Waals surface area contributed by atoms with Crippen LogP contribution in [-0.2, 0) is 17.7 Å². The lowest BCUT2D eigenvalue weighted by Crippen LogP contribution is -2.35. The van der Waals surface area contributed by atoms with Gasteiger partial charge in [-0.1, -0.05) is 22.9 Å². The monoisotopic (exact) mass is 286 g/mol. The summed E-state index contributed by atoms with van der Waals surface area (Å²) in [6.07, 6.45) is 7.28. The highest BCUT2D eigenvalue weighted by Crippen LogP contribution is 2.34. The Morgan fingerprint density at radius 3 is 2.88 bits per heavy atom. The summed E-state index contributed by atoms with van der Waals surface area (Å²) in [4.78, 5) is 4.38. The highest BCUT2D eigenvalue weighted by atomic mass is 79.9. The molecule has 2 rings (SSSR count). The van der Waals surface area contributed by atoms with Crippen molar-refractivity contribution in [2.45, 2.75) is 32.7 Å². The van der Waals surface area contributed by atoms with Crippen molar-refractivity contribution < 1.29 is 4.74 Å².